The third-order valence-corrected chi connectivity index (χ3v) is 4.08. The minimum Gasteiger partial charge on any atom is -0.458 e. The number of carbonyl (C=O) groups is 2. The molecule has 0 fully saturated rings. The van der Waals surface area contributed by atoms with E-state index in [1.54, 1.807) is 6.07 Å². The van der Waals surface area contributed by atoms with Gasteiger partial charge in [0.1, 0.15) is 11.6 Å². The SMILES string of the molecule is CCc1ccc(C(=O)N[C@H](C(=O)OC(C)(C)C)C(C)C)s1. The molecule has 0 saturated carbocycles. The van der Waals surface area contributed by atoms with Crippen molar-refractivity contribution in [1.29, 1.82) is 0 Å². The summed E-state index contributed by atoms with van der Waals surface area (Å²) < 4.78 is 5.37. The maximum absolute atomic E-state index is 12.3. The minimum atomic E-state index is -0.635. The number of ether oxygens (including phenoxy) is 1. The Hall–Kier alpha value is -1.36. The summed E-state index contributed by atoms with van der Waals surface area (Å²) in [5, 5.41) is 2.79. The summed E-state index contributed by atoms with van der Waals surface area (Å²) in [5.74, 6) is -0.642. The molecule has 1 aromatic heterocycles. The fourth-order valence-electron chi connectivity index (χ4n) is 1.77. The number of esters is 1. The van der Waals surface area contributed by atoms with Crippen LogP contribution in [0.2, 0.25) is 0 Å². The molecule has 0 aliphatic heterocycles. The summed E-state index contributed by atoms with van der Waals surface area (Å²) in [6, 6.07) is 3.10. The van der Waals surface area contributed by atoms with Gasteiger partial charge in [0, 0.05) is 4.88 Å². The first kappa shape index (κ1) is 17.7. The van der Waals surface area contributed by atoms with E-state index >= 15 is 0 Å². The molecule has 1 amide bonds. The fraction of sp³-hybridized carbons (Fsp3) is 0.625. The lowest BCUT2D eigenvalue weighted by molar-refractivity contribution is -0.158. The number of hydrogen-bond acceptors (Lipinski definition) is 4. The van der Waals surface area contributed by atoms with Gasteiger partial charge >= 0.3 is 5.97 Å². The van der Waals surface area contributed by atoms with Gasteiger partial charge in [-0.15, -0.1) is 11.3 Å². The Kier molecular flexibility index (Phi) is 5.96. The second kappa shape index (κ2) is 7.07. The van der Waals surface area contributed by atoms with Gasteiger partial charge in [0.25, 0.3) is 5.91 Å². The lowest BCUT2D eigenvalue weighted by atomic mass is 10.0. The van der Waals surface area contributed by atoms with Gasteiger partial charge in [0.15, 0.2) is 0 Å². The summed E-state index contributed by atoms with van der Waals surface area (Å²) in [7, 11) is 0. The zero-order valence-electron chi connectivity index (χ0n) is 13.6. The van der Waals surface area contributed by atoms with Crippen molar-refractivity contribution in [3.8, 4) is 0 Å². The first-order valence-corrected chi connectivity index (χ1v) is 8.08. The second-order valence-electron chi connectivity index (χ2n) is 6.35. The standard InChI is InChI=1S/C16H25NO3S/c1-7-11-8-9-12(21-11)14(18)17-13(10(2)3)15(19)20-16(4,5)6/h8-10,13H,7H2,1-6H3,(H,17,18)/t13-/m0/s1. The molecular weight excluding hydrogens is 286 g/mol. The summed E-state index contributed by atoms with van der Waals surface area (Å²) in [5.41, 5.74) is -0.562. The molecule has 0 aliphatic rings. The van der Waals surface area contributed by atoms with Gasteiger partial charge in [-0.2, -0.15) is 0 Å². The van der Waals surface area contributed by atoms with Crippen molar-refractivity contribution in [2.24, 2.45) is 5.92 Å². The van der Waals surface area contributed by atoms with Gasteiger partial charge in [0.2, 0.25) is 0 Å². The average Bonchev–Trinajstić information content (AvgIpc) is 2.81. The van der Waals surface area contributed by atoms with E-state index in [2.05, 4.69) is 5.32 Å². The van der Waals surface area contributed by atoms with E-state index in [0.717, 1.165) is 11.3 Å². The van der Waals surface area contributed by atoms with Crippen molar-refractivity contribution in [3.05, 3.63) is 21.9 Å². The largest absolute Gasteiger partial charge is 0.458 e. The number of amides is 1. The van der Waals surface area contributed by atoms with Crippen LogP contribution in [0.4, 0.5) is 0 Å². The van der Waals surface area contributed by atoms with Crippen molar-refractivity contribution in [2.75, 3.05) is 0 Å². The molecule has 1 rings (SSSR count). The van der Waals surface area contributed by atoms with Crippen LogP contribution in [0.15, 0.2) is 12.1 Å². The number of rotatable bonds is 5. The maximum atomic E-state index is 12.3. The summed E-state index contributed by atoms with van der Waals surface area (Å²) in [6.07, 6.45) is 0.900. The van der Waals surface area contributed by atoms with Crippen LogP contribution >= 0.6 is 11.3 Å². The molecule has 21 heavy (non-hydrogen) atoms. The number of aryl methyl sites for hydroxylation is 1. The van der Waals surface area contributed by atoms with Crippen molar-refractivity contribution < 1.29 is 14.3 Å². The molecule has 1 atom stereocenters. The van der Waals surface area contributed by atoms with Crippen LogP contribution in [0.5, 0.6) is 0 Å². The molecular formula is C16H25NO3S. The third kappa shape index (κ3) is 5.50. The Morgan fingerprint density at radius 1 is 1.29 bits per heavy atom. The first-order chi connectivity index (χ1) is 9.64. The zero-order valence-corrected chi connectivity index (χ0v) is 14.5. The van der Waals surface area contributed by atoms with Crippen molar-refractivity contribution >= 4 is 23.2 Å². The smallest absolute Gasteiger partial charge is 0.329 e. The molecule has 0 spiro atoms. The Bertz CT molecular complexity index is 500. The van der Waals surface area contributed by atoms with Crippen LogP contribution < -0.4 is 5.32 Å². The van der Waals surface area contributed by atoms with Crippen molar-refractivity contribution in [3.63, 3.8) is 0 Å². The third-order valence-electron chi connectivity index (χ3n) is 2.85. The van der Waals surface area contributed by atoms with E-state index < -0.39 is 17.6 Å². The quantitative estimate of drug-likeness (QED) is 0.848. The summed E-state index contributed by atoms with van der Waals surface area (Å²) in [6.45, 7) is 11.3. The van der Waals surface area contributed by atoms with Crippen LogP contribution in [-0.4, -0.2) is 23.5 Å². The van der Waals surface area contributed by atoms with Gasteiger partial charge in [-0.3, -0.25) is 4.79 Å². The summed E-state index contributed by atoms with van der Waals surface area (Å²) in [4.78, 5) is 26.2. The first-order valence-electron chi connectivity index (χ1n) is 7.26. The summed E-state index contributed by atoms with van der Waals surface area (Å²) >= 11 is 1.46. The molecule has 0 bridgehead atoms. The minimum absolute atomic E-state index is 0.0330. The van der Waals surface area contributed by atoms with E-state index in [9.17, 15) is 9.59 Å². The molecule has 0 aliphatic carbocycles. The van der Waals surface area contributed by atoms with Crippen molar-refractivity contribution in [1.82, 2.24) is 5.32 Å². The van der Waals surface area contributed by atoms with Crippen LogP contribution in [0.25, 0.3) is 0 Å². The molecule has 5 heteroatoms. The predicted molar refractivity (Wildman–Crippen MR) is 85.6 cm³/mol. The molecule has 0 aromatic carbocycles. The molecule has 0 saturated heterocycles. The molecule has 1 aromatic rings. The fourth-order valence-corrected chi connectivity index (χ4v) is 2.62. The number of hydrogen-bond donors (Lipinski definition) is 1. The lowest BCUT2D eigenvalue weighted by Gasteiger charge is -2.26. The Morgan fingerprint density at radius 2 is 1.90 bits per heavy atom. The van der Waals surface area contributed by atoms with Crippen LogP contribution in [0.1, 0.15) is 56.1 Å². The average molecular weight is 311 g/mol. The van der Waals surface area contributed by atoms with Gasteiger partial charge < -0.3 is 10.1 Å². The lowest BCUT2D eigenvalue weighted by Crippen LogP contribution is -2.47. The molecule has 4 nitrogen and oxygen atoms in total. The van der Waals surface area contributed by atoms with Gasteiger partial charge in [0.05, 0.1) is 4.88 Å². The highest BCUT2D eigenvalue weighted by molar-refractivity contribution is 7.14. The highest BCUT2D eigenvalue weighted by Gasteiger charge is 2.29. The Labute approximate surface area is 130 Å². The Balaban J connectivity index is 2.78. The van der Waals surface area contributed by atoms with Crippen LogP contribution in [-0.2, 0) is 16.0 Å². The van der Waals surface area contributed by atoms with Gasteiger partial charge in [-0.05, 0) is 45.2 Å². The topological polar surface area (TPSA) is 55.4 Å². The number of carbonyl (C=O) groups excluding carboxylic acids is 2. The van der Waals surface area contributed by atoms with E-state index in [0.29, 0.717) is 4.88 Å². The molecule has 1 heterocycles. The predicted octanol–water partition coefficient (Wildman–Crippen LogP) is 3.41. The molecule has 118 valence electrons. The van der Waals surface area contributed by atoms with E-state index in [-0.39, 0.29) is 11.8 Å². The molecule has 0 unspecified atom stereocenters. The molecule has 0 radical (unpaired) electrons. The van der Waals surface area contributed by atoms with Crippen LogP contribution in [0, 0.1) is 5.92 Å². The second-order valence-corrected chi connectivity index (χ2v) is 7.52. The van der Waals surface area contributed by atoms with E-state index in [4.69, 9.17) is 4.74 Å². The zero-order chi connectivity index (χ0) is 16.2. The maximum Gasteiger partial charge on any atom is 0.329 e. The normalized spacial score (nSPS) is 13.1. The highest BCUT2D eigenvalue weighted by atomic mass is 32.1. The highest BCUT2D eigenvalue weighted by Crippen LogP contribution is 2.18. The molecule has 1 N–H and O–H groups in total. The Morgan fingerprint density at radius 3 is 2.33 bits per heavy atom. The number of nitrogens with one attached hydrogen (secondary N) is 1. The van der Waals surface area contributed by atoms with Gasteiger partial charge in [-0.25, -0.2) is 4.79 Å². The monoisotopic (exact) mass is 311 g/mol. The van der Waals surface area contributed by atoms with E-state index in [1.807, 2.05) is 47.6 Å². The number of thiophene rings is 1. The van der Waals surface area contributed by atoms with Crippen molar-refractivity contribution in [2.45, 2.75) is 59.6 Å². The van der Waals surface area contributed by atoms with Gasteiger partial charge in [-0.1, -0.05) is 20.8 Å². The van der Waals surface area contributed by atoms with Crippen LogP contribution in [0.3, 0.4) is 0 Å². The van der Waals surface area contributed by atoms with E-state index in [1.165, 1.54) is 11.3 Å².